The van der Waals surface area contributed by atoms with Crippen molar-refractivity contribution in [1.29, 1.82) is 0 Å². The van der Waals surface area contributed by atoms with Gasteiger partial charge in [0.2, 0.25) is 0 Å². The van der Waals surface area contributed by atoms with Gasteiger partial charge in [-0.1, -0.05) is 29.8 Å². The maximum absolute atomic E-state index is 10.2. The molecule has 22 heavy (non-hydrogen) atoms. The third-order valence-corrected chi connectivity index (χ3v) is 3.69. The van der Waals surface area contributed by atoms with Gasteiger partial charge >= 0.3 is 0 Å². The Morgan fingerprint density at radius 1 is 1.14 bits per heavy atom. The molecule has 0 aliphatic carbocycles. The quantitative estimate of drug-likeness (QED) is 0.561. The highest BCUT2D eigenvalue weighted by atomic mass is 35.5. The average Bonchev–Trinajstić information content (AvgIpc) is 2.54. The van der Waals surface area contributed by atoms with E-state index in [-0.39, 0.29) is 17.2 Å². The summed E-state index contributed by atoms with van der Waals surface area (Å²) >= 11 is 6.08. The molecule has 110 valence electrons. The first-order valence-corrected chi connectivity index (χ1v) is 7.10. The third-order valence-electron chi connectivity index (χ3n) is 3.32. The molecular weight excluding hydrogens is 300 g/mol. The predicted octanol–water partition coefficient (Wildman–Crippen LogP) is 4.24. The summed E-state index contributed by atoms with van der Waals surface area (Å²) in [6, 6.07) is 12.3. The summed E-state index contributed by atoms with van der Waals surface area (Å²) in [5, 5.41) is 21.4. The van der Waals surface area contributed by atoms with Gasteiger partial charge in [0.25, 0.3) is 0 Å². The molecule has 0 saturated carbocycles. The molecule has 0 bridgehead atoms. The van der Waals surface area contributed by atoms with E-state index in [9.17, 15) is 10.2 Å². The fourth-order valence-electron chi connectivity index (χ4n) is 2.20. The molecule has 2 N–H and O–H groups in total. The second-order valence-electron chi connectivity index (χ2n) is 4.77. The molecule has 0 aliphatic rings. The average molecular weight is 313 g/mol. The summed E-state index contributed by atoms with van der Waals surface area (Å²) in [6.45, 7) is 0. The Morgan fingerprint density at radius 2 is 1.95 bits per heavy atom. The van der Waals surface area contributed by atoms with E-state index in [1.807, 2.05) is 24.3 Å². The SMILES string of the molecule is Oc1cc(N=CCc2ccccc2Cl)c(O)c2ncccc12. The minimum Gasteiger partial charge on any atom is -0.507 e. The zero-order chi connectivity index (χ0) is 15.5. The van der Waals surface area contributed by atoms with Crippen molar-refractivity contribution in [3.63, 3.8) is 0 Å². The van der Waals surface area contributed by atoms with Gasteiger partial charge in [0.15, 0.2) is 5.75 Å². The molecule has 1 aromatic heterocycles. The summed E-state index contributed by atoms with van der Waals surface area (Å²) in [5.41, 5.74) is 1.54. The van der Waals surface area contributed by atoms with E-state index < -0.39 is 0 Å². The topological polar surface area (TPSA) is 65.7 Å². The third kappa shape index (κ3) is 2.73. The number of benzene rings is 2. The molecule has 0 unspecified atom stereocenters. The largest absolute Gasteiger partial charge is 0.507 e. The molecule has 0 spiro atoms. The molecule has 2 aromatic carbocycles. The number of fused-ring (bicyclic) bond motifs is 1. The van der Waals surface area contributed by atoms with Crippen LogP contribution in [0.4, 0.5) is 5.69 Å². The summed E-state index contributed by atoms with van der Waals surface area (Å²) in [7, 11) is 0. The molecule has 1 heterocycles. The molecule has 0 fully saturated rings. The Kier molecular flexibility index (Phi) is 3.94. The second-order valence-corrected chi connectivity index (χ2v) is 5.18. The molecule has 0 radical (unpaired) electrons. The number of aliphatic imine (C=N–C) groups is 1. The lowest BCUT2D eigenvalue weighted by Crippen LogP contribution is -1.87. The van der Waals surface area contributed by atoms with Crippen LogP contribution in [0.5, 0.6) is 11.5 Å². The molecule has 0 saturated heterocycles. The van der Waals surface area contributed by atoms with Crippen molar-refractivity contribution in [1.82, 2.24) is 4.98 Å². The maximum Gasteiger partial charge on any atom is 0.168 e. The van der Waals surface area contributed by atoms with E-state index in [1.54, 1.807) is 24.5 Å². The first kappa shape index (κ1) is 14.4. The Morgan fingerprint density at radius 3 is 2.77 bits per heavy atom. The minimum atomic E-state index is -0.0520. The number of aromatic hydroxyl groups is 2. The highest BCUT2D eigenvalue weighted by molar-refractivity contribution is 6.31. The molecule has 0 atom stereocenters. The molecule has 0 aliphatic heterocycles. The lowest BCUT2D eigenvalue weighted by molar-refractivity contribution is 0.470. The minimum absolute atomic E-state index is 0.0331. The van der Waals surface area contributed by atoms with Crippen LogP contribution in [-0.2, 0) is 6.42 Å². The number of aromatic nitrogens is 1. The zero-order valence-corrected chi connectivity index (χ0v) is 12.3. The Labute approximate surface area is 132 Å². The van der Waals surface area contributed by atoms with Crippen molar-refractivity contribution in [2.24, 2.45) is 4.99 Å². The predicted molar refractivity (Wildman–Crippen MR) is 88.4 cm³/mol. The van der Waals surface area contributed by atoms with E-state index in [0.29, 0.717) is 22.3 Å². The van der Waals surface area contributed by atoms with Crippen LogP contribution in [0.2, 0.25) is 5.02 Å². The van der Waals surface area contributed by atoms with Gasteiger partial charge in [0.05, 0.1) is 0 Å². The van der Waals surface area contributed by atoms with Crippen molar-refractivity contribution >= 4 is 34.4 Å². The molecule has 3 aromatic rings. The second kappa shape index (κ2) is 6.03. The van der Waals surface area contributed by atoms with Gasteiger partial charge in [-0.05, 0) is 23.8 Å². The van der Waals surface area contributed by atoms with E-state index in [2.05, 4.69) is 9.98 Å². The summed E-state index contributed by atoms with van der Waals surface area (Å²) in [4.78, 5) is 8.30. The van der Waals surface area contributed by atoms with Gasteiger partial charge in [-0.25, -0.2) is 0 Å². The molecule has 5 heteroatoms. The van der Waals surface area contributed by atoms with Crippen LogP contribution in [0, 0.1) is 0 Å². The number of halogens is 1. The molecule has 4 nitrogen and oxygen atoms in total. The van der Waals surface area contributed by atoms with Crippen LogP contribution < -0.4 is 0 Å². The lowest BCUT2D eigenvalue weighted by Gasteiger charge is -2.05. The summed E-state index contributed by atoms with van der Waals surface area (Å²) < 4.78 is 0. The summed E-state index contributed by atoms with van der Waals surface area (Å²) in [6.07, 6.45) is 3.73. The van der Waals surface area contributed by atoms with Gasteiger partial charge < -0.3 is 10.2 Å². The van der Waals surface area contributed by atoms with Crippen molar-refractivity contribution in [3.8, 4) is 11.5 Å². The Bertz CT molecular complexity index is 862. The van der Waals surface area contributed by atoms with Gasteiger partial charge in [-0.3, -0.25) is 9.98 Å². The van der Waals surface area contributed by atoms with Crippen LogP contribution in [-0.4, -0.2) is 21.4 Å². The number of rotatable bonds is 3. The van der Waals surface area contributed by atoms with Crippen LogP contribution in [0.1, 0.15) is 5.56 Å². The van der Waals surface area contributed by atoms with E-state index >= 15 is 0 Å². The number of phenolic OH excluding ortho intramolecular Hbond substituents is 2. The number of nitrogens with zero attached hydrogens (tertiary/aromatic N) is 2. The molecule has 0 amide bonds. The highest BCUT2D eigenvalue weighted by Crippen LogP contribution is 2.38. The first-order valence-electron chi connectivity index (χ1n) is 6.72. The van der Waals surface area contributed by atoms with Crippen LogP contribution in [0.25, 0.3) is 10.9 Å². The van der Waals surface area contributed by atoms with Gasteiger partial charge in [-0.15, -0.1) is 0 Å². The van der Waals surface area contributed by atoms with Crippen molar-refractivity contribution < 1.29 is 10.2 Å². The first-order chi connectivity index (χ1) is 10.7. The van der Waals surface area contributed by atoms with Crippen molar-refractivity contribution in [2.45, 2.75) is 6.42 Å². The van der Waals surface area contributed by atoms with Crippen LogP contribution in [0.3, 0.4) is 0 Å². The number of hydrogen-bond acceptors (Lipinski definition) is 4. The lowest BCUT2D eigenvalue weighted by atomic mass is 10.1. The number of pyridine rings is 1. The van der Waals surface area contributed by atoms with E-state index in [1.165, 1.54) is 6.07 Å². The van der Waals surface area contributed by atoms with Crippen LogP contribution in [0.15, 0.2) is 53.7 Å². The van der Waals surface area contributed by atoms with Gasteiger partial charge in [-0.2, -0.15) is 0 Å². The van der Waals surface area contributed by atoms with Crippen molar-refractivity contribution in [2.75, 3.05) is 0 Å². The van der Waals surface area contributed by atoms with E-state index in [0.717, 1.165) is 5.56 Å². The standard InChI is InChI=1S/C17H13ClN2O2/c18-13-6-2-1-4-11(13)7-9-19-14-10-15(21)12-5-3-8-20-16(12)17(14)22/h1-6,8-10,21-22H,7H2. The maximum atomic E-state index is 10.2. The van der Waals surface area contributed by atoms with Gasteiger partial charge in [0.1, 0.15) is 17.0 Å². The zero-order valence-electron chi connectivity index (χ0n) is 11.6. The highest BCUT2D eigenvalue weighted by Gasteiger charge is 2.10. The van der Waals surface area contributed by atoms with Gasteiger partial charge in [0, 0.05) is 35.3 Å². The number of hydrogen-bond donors (Lipinski definition) is 2. The molecule has 3 rings (SSSR count). The van der Waals surface area contributed by atoms with E-state index in [4.69, 9.17) is 11.6 Å². The smallest absolute Gasteiger partial charge is 0.168 e. The fraction of sp³-hybridized carbons (Fsp3) is 0.0588. The Hall–Kier alpha value is -2.59. The van der Waals surface area contributed by atoms with Crippen molar-refractivity contribution in [3.05, 3.63) is 59.2 Å². The normalized spacial score (nSPS) is 11.3. The van der Waals surface area contributed by atoms with Crippen LogP contribution >= 0.6 is 11.6 Å². The number of phenols is 2. The fourth-order valence-corrected chi connectivity index (χ4v) is 2.42. The molecular formula is C17H13ClN2O2. The Balaban J connectivity index is 1.93. The monoisotopic (exact) mass is 312 g/mol. The summed E-state index contributed by atoms with van der Waals surface area (Å²) in [5.74, 6) is -0.0189.